The SMILES string of the molecule is COCC1(C)CN=C(N)N1C1CCCCCC1. The van der Waals surface area contributed by atoms with Crippen LogP contribution >= 0.6 is 0 Å². The topological polar surface area (TPSA) is 50.9 Å². The minimum atomic E-state index is -0.0339. The Bertz CT molecular complexity index is 284. The first-order valence-corrected chi connectivity index (χ1v) is 6.75. The van der Waals surface area contributed by atoms with E-state index in [9.17, 15) is 0 Å². The predicted molar refractivity (Wildman–Crippen MR) is 70.1 cm³/mol. The highest BCUT2D eigenvalue weighted by Crippen LogP contribution is 2.31. The van der Waals surface area contributed by atoms with Crippen molar-refractivity contribution in [1.82, 2.24) is 4.90 Å². The van der Waals surface area contributed by atoms with E-state index < -0.39 is 0 Å². The number of aliphatic imine (C=N–C) groups is 1. The lowest BCUT2D eigenvalue weighted by atomic mass is 9.97. The molecule has 0 radical (unpaired) electrons. The number of ether oxygens (including phenoxy) is 1. The van der Waals surface area contributed by atoms with Crippen molar-refractivity contribution in [1.29, 1.82) is 0 Å². The van der Waals surface area contributed by atoms with E-state index in [1.807, 2.05) is 0 Å². The second-order valence-electron chi connectivity index (χ2n) is 5.62. The maximum atomic E-state index is 6.09. The summed E-state index contributed by atoms with van der Waals surface area (Å²) in [6.45, 7) is 3.68. The predicted octanol–water partition coefficient (Wildman–Crippen LogP) is 1.74. The molecule has 1 aliphatic heterocycles. The summed E-state index contributed by atoms with van der Waals surface area (Å²) in [6, 6.07) is 0.559. The fourth-order valence-electron chi connectivity index (χ4n) is 3.25. The zero-order valence-corrected chi connectivity index (χ0v) is 11.1. The molecule has 1 fully saturated rings. The Balaban J connectivity index is 2.11. The van der Waals surface area contributed by atoms with Crippen LogP contribution in [0.2, 0.25) is 0 Å². The van der Waals surface area contributed by atoms with Crippen molar-refractivity contribution in [2.24, 2.45) is 10.7 Å². The Kier molecular flexibility index (Phi) is 3.92. The van der Waals surface area contributed by atoms with Crippen molar-refractivity contribution in [2.45, 2.75) is 57.0 Å². The molecular formula is C13H25N3O. The minimum absolute atomic E-state index is 0.0339. The highest BCUT2D eigenvalue weighted by molar-refractivity contribution is 5.81. The number of methoxy groups -OCH3 is 1. The minimum Gasteiger partial charge on any atom is -0.382 e. The lowest BCUT2D eigenvalue weighted by Gasteiger charge is -2.41. The average Bonchev–Trinajstić information content (AvgIpc) is 2.51. The van der Waals surface area contributed by atoms with Crippen LogP contribution in [0.3, 0.4) is 0 Å². The van der Waals surface area contributed by atoms with Gasteiger partial charge in [-0.3, -0.25) is 4.99 Å². The van der Waals surface area contributed by atoms with Crippen LogP contribution in [-0.4, -0.2) is 42.7 Å². The van der Waals surface area contributed by atoms with Gasteiger partial charge < -0.3 is 15.4 Å². The highest BCUT2D eigenvalue weighted by Gasteiger charge is 2.41. The molecule has 0 spiro atoms. The summed E-state index contributed by atoms with van der Waals surface area (Å²) in [5.41, 5.74) is 6.05. The first kappa shape index (κ1) is 12.7. The summed E-state index contributed by atoms with van der Waals surface area (Å²) < 4.78 is 5.36. The largest absolute Gasteiger partial charge is 0.382 e. The molecule has 1 saturated carbocycles. The van der Waals surface area contributed by atoms with Crippen molar-refractivity contribution in [2.75, 3.05) is 20.3 Å². The van der Waals surface area contributed by atoms with Gasteiger partial charge in [-0.2, -0.15) is 0 Å². The molecule has 17 heavy (non-hydrogen) atoms. The molecule has 2 aliphatic rings. The van der Waals surface area contributed by atoms with Crippen LogP contribution in [0.1, 0.15) is 45.4 Å². The van der Waals surface area contributed by atoms with Crippen LogP contribution in [-0.2, 0) is 4.74 Å². The van der Waals surface area contributed by atoms with Crippen LogP contribution in [0.4, 0.5) is 0 Å². The molecule has 2 rings (SSSR count). The molecule has 4 nitrogen and oxygen atoms in total. The summed E-state index contributed by atoms with van der Waals surface area (Å²) >= 11 is 0. The summed E-state index contributed by atoms with van der Waals surface area (Å²) in [4.78, 5) is 6.77. The van der Waals surface area contributed by atoms with Gasteiger partial charge in [0.1, 0.15) is 0 Å². The maximum Gasteiger partial charge on any atom is 0.192 e. The van der Waals surface area contributed by atoms with Crippen molar-refractivity contribution in [3.05, 3.63) is 0 Å². The van der Waals surface area contributed by atoms with E-state index in [0.717, 1.165) is 12.5 Å². The third kappa shape index (κ3) is 2.57. The third-order valence-electron chi connectivity index (χ3n) is 4.06. The first-order chi connectivity index (χ1) is 8.17. The Labute approximate surface area is 104 Å². The second-order valence-corrected chi connectivity index (χ2v) is 5.62. The maximum absolute atomic E-state index is 6.09. The van der Waals surface area contributed by atoms with Gasteiger partial charge in [-0.05, 0) is 19.8 Å². The standard InChI is InChI=1S/C13H25N3O/c1-13(10-17-2)9-15-12(14)16(13)11-7-5-3-4-6-8-11/h11H,3-10H2,1-2H3,(H2,14,15). The molecule has 1 heterocycles. The van der Waals surface area contributed by atoms with Crippen LogP contribution < -0.4 is 5.73 Å². The van der Waals surface area contributed by atoms with Gasteiger partial charge in [0.2, 0.25) is 0 Å². The fourth-order valence-corrected chi connectivity index (χ4v) is 3.25. The Hall–Kier alpha value is -0.770. The lowest BCUT2D eigenvalue weighted by Crippen LogP contribution is -2.56. The highest BCUT2D eigenvalue weighted by atomic mass is 16.5. The van der Waals surface area contributed by atoms with Gasteiger partial charge in [-0.15, -0.1) is 0 Å². The molecule has 0 saturated heterocycles. The zero-order valence-electron chi connectivity index (χ0n) is 11.1. The molecule has 0 aromatic heterocycles. The molecule has 1 unspecified atom stereocenters. The van der Waals surface area contributed by atoms with Crippen molar-refractivity contribution in [3.8, 4) is 0 Å². The number of hydrogen-bond donors (Lipinski definition) is 1. The zero-order chi connectivity index (χ0) is 12.3. The van der Waals surface area contributed by atoms with Gasteiger partial charge in [0, 0.05) is 13.2 Å². The quantitative estimate of drug-likeness (QED) is 0.763. The van der Waals surface area contributed by atoms with Crippen LogP contribution in [0.25, 0.3) is 0 Å². The second kappa shape index (κ2) is 5.25. The number of nitrogens with two attached hydrogens (primary N) is 1. The number of hydrogen-bond acceptors (Lipinski definition) is 4. The van der Waals surface area contributed by atoms with E-state index in [1.165, 1.54) is 38.5 Å². The van der Waals surface area contributed by atoms with Crippen molar-refractivity contribution in [3.63, 3.8) is 0 Å². The van der Waals surface area contributed by atoms with E-state index in [4.69, 9.17) is 10.5 Å². The molecular weight excluding hydrogens is 214 g/mol. The monoisotopic (exact) mass is 239 g/mol. The third-order valence-corrected chi connectivity index (χ3v) is 4.06. The summed E-state index contributed by atoms with van der Waals surface area (Å²) in [6.07, 6.45) is 7.85. The molecule has 0 aromatic carbocycles. The summed E-state index contributed by atoms with van der Waals surface area (Å²) in [7, 11) is 1.75. The normalized spacial score (nSPS) is 31.4. The molecule has 98 valence electrons. The molecule has 2 N–H and O–H groups in total. The molecule has 4 heteroatoms. The number of nitrogens with zero attached hydrogens (tertiary/aromatic N) is 2. The molecule has 0 bridgehead atoms. The lowest BCUT2D eigenvalue weighted by molar-refractivity contribution is 0.0540. The van der Waals surface area contributed by atoms with E-state index in [-0.39, 0.29) is 5.54 Å². The van der Waals surface area contributed by atoms with E-state index >= 15 is 0 Å². The Morgan fingerprint density at radius 1 is 1.35 bits per heavy atom. The smallest absolute Gasteiger partial charge is 0.192 e. The van der Waals surface area contributed by atoms with Crippen LogP contribution in [0.15, 0.2) is 4.99 Å². The number of rotatable bonds is 3. The molecule has 0 amide bonds. The van der Waals surface area contributed by atoms with E-state index in [2.05, 4.69) is 16.8 Å². The van der Waals surface area contributed by atoms with Crippen LogP contribution in [0.5, 0.6) is 0 Å². The van der Waals surface area contributed by atoms with E-state index in [1.54, 1.807) is 7.11 Å². The van der Waals surface area contributed by atoms with Crippen molar-refractivity contribution >= 4 is 5.96 Å². The molecule has 1 atom stereocenters. The van der Waals surface area contributed by atoms with Gasteiger partial charge in [0.15, 0.2) is 5.96 Å². The number of guanidine groups is 1. The molecule has 1 aliphatic carbocycles. The van der Waals surface area contributed by atoms with Crippen LogP contribution in [0, 0.1) is 0 Å². The Morgan fingerprint density at radius 3 is 2.59 bits per heavy atom. The Morgan fingerprint density at radius 2 is 2.00 bits per heavy atom. The average molecular weight is 239 g/mol. The van der Waals surface area contributed by atoms with Gasteiger partial charge in [-0.1, -0.05) is 25.7 Å². The van der Waals surface area contributed by atoms with Gasteiger partial charge in [0.05, 0.1) is 18.7 Å². The van der Waals surface area contributed by atoms with Gasteiger partial charge >= 0.3 is 0 Å². The van der Waals surface area contributed by atoms with Gasteiger partial charge in [-0.25, -0.2) is 0 Å². The molecule has 0 aromatic rings. The summed E-state index contributed by atoms with van der Waals surface area (Å²) in [5, 5.41) is 0. The summed E-state index contributed by atoms with van der Waals surface area (Å²) in [5.74, 6) is 0.719. The first-order valence-electron chi connectivity index (χ1n) is 6.75. The van der Waals surface area contributed by atoms with Gasteiger partial charge in [0.25, 0.3) is 0 Å². The van der Waals surface area contributed by atoms with Crippen molar-refractivity contribution < 1.29 is 4.74 Å². The fraction of sp³-hybridized carbons (Fsp3) is 0.923. The van der Waals surface area contributed by atoms with E-state index in [0.29, 0.717) is 12.6 Å².